The van der Waals surface area contributed by atoms with Crippen LogP contribution >= 0.6 is 0 Å². The van der Waals surface area contributed by atoms with E-state index in [4.69, 9.17) is 0 Å². The molecule has 1 aliphatic rings. The fourth-order valence-corrected chi connectivity index (χ4v) is 3.07. The lowest BCUT2D eigenvalue weighted by Crippen LogP contribution is -2.33. The van der Waals surface area contributed by atoms with E-state index in [1.54, 1.807) is 4.90 Å². The maximum Gasteiger partial charge on any atom is 0.290 e. The zero-order valence-electron chi connectivity index (χ0n) is 15.2. The van der Waals surface area contributed by atoms with Crippen LogP contribution in [0.5, 0.6) is 0 Å². The third kappa shape index (κ3) is 3.23. The summed E-state index contributed by atoms with van der Waals surface area (Å²) in [6.07, 6.45) is 1.77. The molecular weight excluding hydrogens is 302 g/mol. The van der Waals surface area contributed by atoms with Gasteiger partial charge in [-0.2, -0.15) is 0 Å². The molecule has 1 amide bonds. The van der Waals surface area contributed by atoms with E-state index in [0.29, 0.717) is 6.54 Å². The third-order valence-corrected chi connectivity index (χ3v) is 4.47. The highest BCUT2D eigenvalue weighted by atomic mass is 16.3. The maximum atomic E-state index is 12.9. The van der Waals surface area contributed by atoms with E-state index in [2.05, 4.69) is 6.92 Å². The number of rotatable bonds is 5. The summed E-state index contributed by atoms with van der Waals surface area (Å²) in [5.74, 6) is -1.01. The zero-order chi connectivity index (χ0) is 18.1. The average Bonchev–Trinajstić information content (AvgIpc) is 2.76. The summed E-state index contributed by atoms with van der Waals surface area (Å²) in [7, 11) is 0. The standard InChI is InChI=1S/C20H27NO3/c1-6-7-12-21-16(14-11-9-8-10-13(14)2)15(17(22)19(21)24)18(23)20(3,4)5/h8-11,16,22H,6-7,12H2,1-5H3. The monoisotopic (exact) mass is 329 g/mol. The molecule has 0 spiro atoms. The molecule has 0 aliphatic carbocycles. The first-order valence-corrected chi connectivity index (χ1v) is 8.54. The van der Waals surface area contributed by atoms with Crippen molar-refractivity contribution >= 4 is 11.7 Å². The van der Waals surface area contributed by atoms with Gasteiger partial charge in [-0.3, -0.25) is 9.59 Å². The van der Waals surface area contributed by atoms with Crippen LogP contribution in [0.2, 0.25) is 0 Å². The van der Waals surface area contributed by atoms with Gasteiger partial charge in [-0.15, -0.1) is 0 Å². The number of hydrogen-bond acceptors (Lipinski definition) is 3. The average molecular weight is 329 g/mol. The van der Waals surface area contributed by atoms with Crippen LogP contribution in [0.25, 0.3) is 0 Å². The molecule has 1 atom stereocenters. The second-order valence-corrected chi connectivity index (χ2v) is 7.45. The number of nitrogens with zero attached hydrogens (tertiary/aromatic N) is 1. The lowest BCUT2D eigenvalue weighted by molar-refractivity contribution is -0.129. The molecule has 1 heterocycles. The molecule has 4 nitrogen and oxygen atoms in total. The Kier molecular flexibility index (Phi) is 5.16. The molecule has 24 heavy (non-hydrogen) atoms. The second-order valence-electron chi connectivity index (χ2n) is 7.45. The van der Waals surface area contributed by atoms with Crippen LogP contribution in [0.4, 0.5) is 0 Å². The Labute approximate surface area is 144 Å². The first-order chi connectivity index (χ1) is 11.2. The molecule has 0 radical (unpaired) electrons. The number of carbonyl (C=O) groups excluding carboxylic acids is 2. The van der Waals surface area contributed by atoms with Crippen molar-refractivity contribution in [2.45, 2.75) is 53.5 Å². The van der Waals surface area contributed by atoms with Crippen LogP contribution in [-0.4, -0.2) is 28.2 Å². The summed E-state index contributed by atoms with van der Waals surface area (Å²) in [6, 6.07) is 7.23. The molecule has 1 aromatic rings. The second kappa shape index (κ2) is 6.80. The fraction of sp³-hybridized carbons (Fsp3) is 0.500. The van der Waals surface area contributed by atoms with Crippen LogP contribution in [0, 0.1) is 12.3 Å². The highest BCUT2D eigenvalue weighted by molar-refractivity contribution is 6.10. The highest BCUT2D eigenvalue weighted by Gasteiger charge is 2.45. The number of hydrogen-bond donors (Lipinski definition) is 1. The molecular formula is C20H27NO3. The maximum absolute atomic E-state index is 12.9. The SMILES string of the molecule is CCCCN1C(=O)C(O)=C(C(=O)C(C)(C)C)C1c1ccccc1C. The summed E-state index contributed by atoms with van der Waals surface area (Å²) >= 11 is 0. The number of ketones is 1. The van der Waals surface area contributed by atoms with E-state index < -0.39 is 17.4 Å². The largest absolute Gasteiger partial charge is 0.503 e. The molecule has 0 bridgehead atoms. The van der Waals surface area contributed by atoms with E-state index in [-0.39, 0.29) is 17.1 Å². The van der Waals surface area contributed by atoms with Crippen molar-refractivity contribution in [3.05, 3.63) is 46.7 Å². The van der Waals surface area contributed by atoms with Crippen molar-refractivity contribution in [3.8, 4) is 0 Å². The summed E-state index contributed by atoms with van der Waals surface area (Å²) in [5.41, 5.74) is 1.48. The van der Waals surface area contributed by atoms with Crippen LogP contribution in [0.15, 0.2) is 35.6 Å². The Morgan fingerprint density at radius 2 is 1.88 bits per heavy atom. The summed E-state index contributed by atoms with van der Waals surface area (Å²) in [5, 5.41) is 10.5. The number of benzene rings is 1. The van der Waals surface area contributed by atoms with E-state index in [1.165, 1.54) is 0 Å². The molecule has 130 valence electrons. The fourth-order valence-electron chi connectivity index (χ4n) is 3.07. The van der Waals surface area contributed by atoms with Crippen molar-refractivity contribution in [2.24, 2.45) is 5.41 Å². The van der Waals surface area contributed by atoms with Crippen LogP contribution in [0.3, 0.4) is 0 Å². The molecule has 1 unspecified atom stereocenters. The molecule has 1 aliphatic heterocycles. The molecule has 0 aromatic heterocycles. The van der Waals surface area contributed by atoms with Crippen molar-refractivity contribution in [3.63, 3.8) is 0 Å². The lowest BCUT2D eigenvalue weighted by atomic mass is 9.81. The van der Waals surface area contributed by atoms with Gasteiger partial charge in [-0.1, -0.05) is 58.4 Å². The van der Waals surface area contributed by atoms with Gasteiger partial charge in [0.05, 0.1) is 11.6 Å². The topological polar surface area (TPSA) is 57.6 Å². The Balaban J connectivity index is 2.59. The minimum atomic E-state index is -0.661. The number of aliphatic hydroxyl groups is 1. The third-order valence-electron chi connectivity index (χ3n) is 4.47. The van der Waals surface area contributed by atoms with Crippen LogP contribution in [0.1, 0.15) is 57.7 Å². The molecule has 2 rings (SSSR count). The minimum absolute atomic E-state index is 0.180. The number of unbranched alkanes of at least 4 members (excludes halogenated alkanes) is 1. The molecule has 0 saturated heterocycles. The first kappa shape index (κ1) is 18.2. The van der Waals surface area contributed by atoms with Gasteiger partial charge in [-0.05, 0) is 24.5 Å². The number of aryl methyl sites for hydroxylation is 1. The minimum Gasteiger partial charge on any atom is -0.503 e. The van der Waals surface area contributed by atoms with Crippen LogP contribution < -0.4 is 0 Å². The van der Waals surface area contributed by atoms with Gasteiger partial charge in [0, 0.05) is 12.0 Å². The molecule has 0 fully saturated rings. The number of amides is 1. The van der Waals surface area contributed by atoms with Gasteiger partial charge in [0.15, 0.2) is 11.5 Å². The van der Waals surface area contributed by atoms with E-state index in [0.717, 1.165) is 24.0 Å². The van der Waals surface area contributed by atoms with Crippen molar-refractivity contribution < 1.29 is 14.7 Å². The summed E-state index contributed by atoms with van der Waals surface area (Å²) in [6.45, 7) is 9.97. The molecule has 1 N–H and O–H groups in total. The van der Waals surface area contributed by atoms with E-state index in [9.17, 15) is 14.7 Å². The van der Waals surface area contributed by atoms with Crippen molar-refractivity contribution in [1.82, 2.24) is 4.90 Å². The Morgan fingerprint density at radius 3 is 2.42 bits per heavy atom. The first-order valence-electron chi connectivity index (χ1n) is 8.54. The van der Waals surface area contributed by atoms with Gasteiger partial charge in [0.1, 0.15) is 0 Å². The van der Waals surface area contributed by atoms with Gasteiger partial charge < -0.3 is 10.0 Å². The molecule has 4 heteroatoms. The number of Topliss-reactive ketones (excluding diaryl/α,β-unsaturated/α-hetero) is 1. The predicted octanol–water partition coefficient (Wildman–Crippen LogP) is 4.11. The van der Waals surface area contributed by atoms with Gasteiger partial charge in [0.25, 0.3) is 5.91 Å². The molecule has 1 aromatic carbocycles. The smallest absolute Gasteiger partial charge is 0.290 e. The Bertz CT molecular complexity index is 682. The van der Waals surface area contributed by atoms with Crippen molar-refractivity contribution in [2.75, 3.05) is 6.54 Å². The summed E-state index contributed by atoms with van der Waals surface area (Å²) in [4.78, 5) is 27.2. The predicted molar refractivity (Wildman–Crippen MR) is 94.7 cm³/mol. The van der Waals surface area contributed by atoms with E-state index >= 15 is 0 Å². The number of carbonyl (C=O) groups is 2. The Morgan fingerprint density at radius 1 is 1.25 bits per heavy atom. The Hall–Kier alpha value is -2.10. The van der Waals surface area contributed by atoms with Crippen molar-refractivity contribution in [1.29, 1.82) is 0 Å². The highest BCUT2D eigenvalue weighted by Crippen LogP contribution is 2.41. The van der Waals surface area contributed by atoms with E-state index in [1.807, 2.05) is 52.0 Å². The van der Waals surface area contributed by atoms with Crippen LogP contribution in [-0.2, 0) is 9.59 Å². The zero-order valence-corrected chi connectivity index (χ0v) is 15.2. The van der Waals surface area contributed by atoms with Gasteiger partial charge >= 0.3 is 0 Å². The normalized spacial score (nSPS) is 18.5. The number of aliphatic hydroxyl groups excluding tert-OH is 1. The lowest BCUT2D eigenvalue weighted by Gasteiger charge is -2.29. The molecule has 0 saturated carbocycles. The summed E-state index contributed by atoms with van der Waals surface area (Å²) < 4.78 is 0. The van der Waals surface area contributed by atoms with Gasteiger partial charge in [0.2, 0.25) is 0 Å². The quantitative estimate of drug-likeness (QED) is 0.884. The van der Waals surface area contributed by atoms with Gasteiger partial charge in [-0.25, -0.2) is 0 Å².